The zero-order valence-electron chi connectivity index (χ0n) is 15.3. The molecule has 0 bridgehead atoms. The van der Waals surface area contributed by atoms with E-state index in [1.54, 1.807) is 13.3 Å². The van der Waals surface area contributed by atoms with Crippen LogP contribution in [0.4, 0.5) is 5.69 Å². The zero-order chi connectivity index (χ0) is 18.2. The van der Waals surface area contributed by atoms with E-state index in [2.05, 4.69) is 15.6 Å². The second-order valence-electron chi connectivity index (χ2n) is 6.79. The van der Waals surface area contributed by atoms with Crippen LogP contribution in [0.15, 0.2) is 42.6 Å². The lowest BCUT2D eigenvalue weighted by atomic mass is 10.1. The minimum Gasteiger partial charge on any atom is -0.497 e. The van der Waals surface area contributed by atoms with Gasteiger partial charge in [-0.05, 0) is 42.7 Å². The highest BCUT2D eigenvalue weighted by Crippen LogP contribution is 2.18. The van der Waals surface area contributed by atoms with Crippen LogP contribution >= 0.6 is 0 Å². The monoisotopic (exact) mass is 353 g/mol. The molecule has 1 aromatic carbocycles. The smallest absolute Gasteiger partial charge is 0.270 e. The number of benzene rings is 1. The third-order valence-electron chi connectivity index (χ3n) is 4.84. The highest BCUT2D eigenvalue weighted by atomic mass is 16.5. The zero-order valence-corrected chi connectivity index (χ0v) is 15.3. The van der Waals surface area contributed by atoms with E-state index in [9.17, 15) is 4.79 Å². The molecule has 1 saturated carbocycles. The predicted molar refractivity (Wildman–Crippen MR) is 104 cm³/mol. The lowest BCUT2D eigenvalue weighted by Gasteiger charge is -2.16. The Morgan fingerprint density at radius 2 is 1.85 bits per heavy atom. The van der Waals surface area contributed by atoms with Crippen molar-refractivity contribution in [3.05, 3.63) is 53.9 Å². The summed E-state index contributed by atoms with van der Waals surface area (Å²) in [5.41, 5.74) is 2.50. The van der Waals surface area contributed by atoms with Gasteiger partial charge in [0.05, 0.1) is 7.11 Å². The van der Waals surface area contributed by atoms with E-state index >= 15 is 0 Å². The molecule has 0 radical (unpaired) electrons. The molecule has 0 unspecified atom stereocenters. The molecule has 2 aromatic rings. The topological polar surface area (TPSA) is 63.2 Å². The number of hydrogen-bond donors (Lipinski definition) is 2. The minimum atomic E-state index is -0.0787. The number of nitrogens with one attached hydrogen (secondary N) is 2. The molecule has 0 aliphatic heterocycles. The van der Waals surface area contributed by atoms with E-state index in [0.29, 0.717) is 12.2 Å². The van der Waals surface area contributed by atoms with Gasteiger partial charge in [0.1, 0.15) is 11.4 Å². The third-order valence-corrected chi connectivity index (χ3v) is 4.84. The summed E-state index contributed by atoms with van der Waals surface area (Å²) >= 11 is 0. The Labute approximate surface area is 155 Å². The van der Waals surface area contributed by atoms with Gasteiger partial charge < -0.3 is 15.4 Å². The quantitative estimate of drug-likeness (QED) is 0.766. The molecule has 26 heavy (non-hydrogen) atoms. The fourth-order valence-electron chi connectivity index (χ4n) is 3.30. The Morgan fingerprint density at radius 3 is 2.54 bits per heavy atom. The number of ether oxygens (including phenoxy) is 1. The summed E-state index contributed by atoms with van der Waals surface area (Å²) in [6, 6.07) is 11.9. The molecular weight excluding hydrogens is 326 g/mol. The van der Waals surface area contributed by atoms with Crippen molar-refractivity contribution < 1.29 is 9.53 Å². The first-order valence-electron chi connectivity index (χ1n) is 9.38. The van der Waals surface area contributed by atoms with Crippen molar-refractivity contribution in [2.24, 2.45) is 0 Å². The van der Waals surface area contributed by atoms with Gasteiger partial charge in [0, 0.05) is 24.5 Å². The summed E-state index contributed by atoms with van der Waals surface area (Å²) < 4.78 is 5.17. The standard InChI is InChI=1S/C21H27N3O2/c1-26-19-10-8-16(9-11-19)15-23-18-12-13-22-20(14-18)21(25)24-17-6-4-2-3-5-7-17/h8-14,17H,2-7,15H2,1H3,(H,22,23)(H,24,25). The first-order valence-corrected chi connectivity index (χ1v) is 9.38. The van der Waals surface area contributed by atoms with Crippen LogP contribution in [-0.2, 0) is 6.54 Å². The molecule has 2 N–H and O–H groups in total. The summed E-state index contributed by atoms with van der Waals surface area (Å²) in [5.74, 6) is 0.764. The number of pyridine rings is 1. The summed E-state index contributed by atoms with van der Waals surface area (Å²) in [5, 5.41) is 6.49. The maximum atomic E-state index is 12.5. The van der Waals surface area contributed by atoms with Crippen LogP contribution in [0.2, 0.25) is 0 Å². The molecular formula is C21H27N3O2. The number of hydrogen-bond acceptors (Lipinski definition) is 4. The minimum absolute atomic E-state index is 0.0787. The lowest BCUT2D eigenvalue weighted by molar-refractivity contribution is 0.0928. The summed E-state index contributed by atoms with van der Waals surface area (Å²) in [7, 11) is 1.66. The van der Waals surface area contributed by atoms with Crippen molar-refractivity contribution in [1.82, 2.24) is 10.3 Å². The van der Waals surface area contributed by atoms with Gasteiger partial charge in [0.2, 0.25) is 0 Å². The molecule has 1 aliphatic rings. The van der Waals surface area contributed by atoms with Crippen LogP contribution in [-0.4, -0.2) is 24.0 Å². The molecule has 5 heteroatoms. The molecule has 1 aliphatic carbocycles. The Morgan fingerprint density at radius 1 is 1.12 bits per heavy atom. The number of nitrogens with zero attached hydrogens (tertiary/aromatic N) is 1. The van der Waals surface area contributed by atoms with Crippen LogP contribution in [0, 0.1) is 0 Å². The van der Waals surface area contributed by atoms with E-state index in [0.717, 1.165) is 29.8 Å². The van der Waals surface area contributed by atoms with Gasteiger partial charge in [-0.3, -0.25) is 9.78 Å². The van der Waals surface area contributed by atoms with Gasteiger partial charge in [0.15, 0.2) is 0 Å². The van der Waals surface area contributed by atoms with Gasteiger partial charge in [0.25, 0.3) is 5.91 Å². The van der Waals surface area contributed by atoms with Crippen molar-refractivity contribution in [3.63, 3.8) is 0 Å². The largest absolute Gasteiger partial charge is 0.497 e. The number of methoxy groups -OCH3 is 1. The number of carbonyl (C=O) groups excluding carboxylic acids is 1. The summed E-state index contributed by atoms with van der Waals surface area (Å²) in [4.78, 5) is 16.7. The van der Waals surface area contributed by atoms with Gasteiger partial charge >= 0.3 is 0 Å². The number of anilines is 1. The van der Waals surface area contributed by atoms with Crippen molar-refractivity contribution in [1.29, 1.82) is 0 Å². The van der Waals surface area contributed by atoms with Crippen molar-refractivity contribution in [2.45, 2.75) is 51.1 Å². The predicted octanol–water partition coefficient (Wildman–Crippen LogP) is 4.15. The maximum absolute atomic E-state index is 12.5. The Hall–Kier alpha value is -2.56. The molecule has 0 atom stereocenters. The van der Waals surface area contributed by atoms with Gasteiger partial charge in [-0.2, -0.15) is 0 Å². The van der Waals surface area contributed by atoms with E-state index in [-0.39, 0.29) is 11.9 Å². The number of carbonyl (C=O) groups is 1. The SMILES string of the molecule is COc1ccc(CNc2ccnc(C(=O)NC3CCCCCC3)c2)cc1. The number of aromatic nitrogens is 1. The molecule has 0 spiro atoms. The average Bonchev–Trinajstić information content (AvgIpc) is 2.95. The molecule has 3 rings (SSSR count). The Kier molecular flexibility index (Phi) is 6.47. The first kappa shape index (κ1) is 18.2. The van der Waals surface area contributed by atoms with E-state index in [1.165, 1.54) is 25.7 Å². The lowest BCUT2D eigenvalue weighted by Crippen LogP contribution is -2.34. The molecule has 138 valence electrons. The molecule has 5 nitrogen and oxygen atoms in total. The van der Waals surface area contributed by atoms with Crippen molar-refractivity contribution >= 4 is 11.6 Å². The van der Waals surface area contributed by atoms with E-state index in [1.807, 2.05) is 36.4 Å². The summed E-state index contributed by atoms with van der Waals surface area (Å²) in [6.07, 6.45) is 8.76. The van der Waals surface area contributed by atoms with Crippen LogP contribution in [0.5, 0.6) is 5.75 Å². The Balaban J connectivity index is 1.57. The molecule has 1 aromatic heterocycles. The van der Waals surface area contributed by atoms with Crippen LogP contribution in [0.1, 0.15) is 54.6 Å². The van der Waals surface area contributed by atoms with Gasteiger partial charge in [-0.15, -0.1) is 0 Å². The molecule has 1 fully saturated rings. The van der Waals surface area contributed by atoms with Crippen LogP contribution in [0.25, 0.3) is 0 Å². The number of amides is 1. The van der Waals surface area contributed by atoms with Crippen molar-refractivity contribution in [2.75, 3.05) is 12.4 Å². The fourth-order valence-corrected chi connectivity index (χ4v) is 3.30. The molecule has 0 saturated heterocycles. The van der Waals surface area contributed by atoms with Crippen LogP contribution in [0.3, 0.4) is 0 Å². The second kappa shape index (κ2) is 9.22. The summed E-state index contributed by atoms with van der Waals surface area (Å²) in [6.45, 7) is 0.678. The maximum Gasteiger partial charge on any atom is 0.270 e. The van der Waals surface area contributed by atoms with Crippen molar-refractivity contribution in [3.8, 4) is 5.75 Å². The highest BCUT2D eigenvalue weighted by molar-refractivity contribution is 5.93. The molecule has 1 amide bonds. The highest BCUT2D eigenvalue weighted by Gasteiger charge is 2.16. The van der Waals surface area contributed by atoms with E-state index in [4.69, 9.17) is 4.74 Å². The normalized spacial score (nSPS) is 15.1. The second-order valence-corrected chi connectivity index (χ2v) is 6.79. The number of rotatable bonds is 6. The fraction of sp³-hybridized carbons (Fsp3) is 0.429. The molecule has 1 heterocycles. The first-order chi connectivity index (χ1) is 12.7. The average molecular weight is 353 g/mol. The third kappa shape index (κ3) is 5.22. The Bertz CT molecular complexity index is 707. The van der Waals surface area contributed by atoms with Crippen LogP contribution < -0.4 is 15.4 Å². The van der Waals surface area contributed by atoms with Gasteiger partial charge in [-0.1, -0.05) is 37.8 Å². The van der Waals surface area contributed by atoms with E-state index < -0.39 is 0 Å². The van der Waals surface area contributed by atoms with Gasteiger partial charge in [-0.25, -0.2) is 0 Å².